The first-order valence-electron chi connectivity index (χ1n) is 16.0. The Labute approximate surface area is 297 Å². The molecule has 14 nitrogen and oxygen atoms in total. The van der Waals surface area contributed by atoms with Crippen LogP contribution in [0.25, 0.3) is 11.4 Å². The molecule has 0 aliphatic carbocycles. The average molecular weight is 748 g/mol. The predicted octanol–water partition coefficient (Wildman–Crippen LogP) is 3.41. The molecule has 0 spiro atoms. The Morgan fingerprint density at radius 3 is 2.51 bits per heavy atom. The van der Waals surface area contributed by atoms with E-state index in [2.05, 4.69) is 25.7 Å². The molecule has 1 aromatic carbocycles. The van der Waals surface area contributed by atoms with Crippen molar-refractivity contribution in [3.63, 3.8) is 0 Å². The molecular weight excluding hydrogens is 715 g/mol. The van der Waals surface area contributed by atoms with Crippen LogP contribution in [0.2, 0.25) is 5.02 Å². The van der Waals surface area contributed by atoms with Crippen molar-refractivity contribution in [1.82, 2.24) is 34.4 Å². The SMILES string of the molecule is CCc1c(N2CCN(C(=O)CNC(=O)c3nc(C)cs3)CC2)c(=O)n2nc(C3=CCOCC3)nc2n1CC(=O)Nc1ccc(C(F)(F)F)cc1Cl. The Morgan fingerprint density at radius 2 is 1.88 bits per heavy atom. The maximum absolute atomic E-state index is 14.1. The van der Waals surface area contributed by atoms with Crippen molar-refractivity contribution in [2.24, 2.45) is 0 Å². The summed E-state index contributed by atoms with van der Waals surface area (Å²) in [4.78, 5) is 65.2. The first kappa shape index (κ1) is 36.0. The van der Waals surface area contributed by atoms with Crippen LogP contribution in [-0.4, -0.2) is 92.7 Å². The summed E-state index contributed by atoms with van der Waals surface area (Å²) in [6.07, 6.45) is -1.97. The largest absolute Gasteiger partial charge is 0.416 e. The van der Waals surface area contributed by atoms with Gasteiger partial charge < -0.3 is 29.7 Å². The second-order valence-corrected chi connectivity index (χ2v) is 13.1. The lowest BCUT2D eigenvalue weighted by molar-refractivity contribution is -0.137. The molecule has 0 saturated carbocycles. The van der Waals surface area contributed by atoms with E-state index in [0.717, 1.165) is 28.3 Å². The normalized spacial score (nSPS) is 15.2. The minimum absolute atomic E-state index is 0.0155. The van der Waals surface area contributed by atoms with Gasteiger partial charge in [0.2, 0.25) is 17.6 Å². The van der Waals surface area contributed by atoms with Gasteiger partial charge in [0.1, 0.15) is 12.2 Å². The van der Waals surface area contributed by atoms with E-state index in [0.29, 0.717) is 43.3 Å². The van der Waals surface area contributed by atoms with E-state index < -0.39 is 29.1 Å². The number of thiazole rings is 1. The quantitative estimate of drug-likeness (QED) is 0.262. The molecule has 270 valence electrons. The van der Waals surface area contributed by atoms with E-state index in [1.165, 1.54) is 11.3 Å². The molecule has 1 fully saturated rings. The summed E-state index contributed by atoms with van der Waals surface area (Å²) < 4.78 is 47.7. The fourth-order valence-corrected chi connectivity index (χ4v) is 6.84. The van der Waals surface area contributed by atoms with E-state index >= 15 is 0 Å². The van der Waals surface area contributed by atoms with E-state index in [4.69, 9.17) is 16.3 Å². The van der Waals surface area contributed by atoms with E-state index in [-0.39, 0.29) is 72.4 Å². The number of aromatic nitrogens is 5. The number of alkyl halides is 3. The lowest BCUT2D eigenvalue weighted by Gasteiger charge is -2.36. The van der Waals surface area contributed by atoms with Crippen molar-refractivity contribution in [2.75, 3.05) is 56.2 Å². The number of fused-ring (bicyclic) bond motifs is 1. The summed E-state index contributed by atoms with van der Waals surface area (Å²) in [6.45, 7) is 4.88. The van der Waals surface area contributed by atoms with Crippen LogP contribution in [0.15, 0.2) is 34.4 Å². The monoisotopic (exact) mass is 747 g/mol. The van der Waals surface area contributed by atoms with E-state index in [1.54, 1.807) is 21.8 Å². The van der Waals surface area contributed by atoms with Gasteiger partial charge >= 0.3 is 6.18 Å². The number of nitrogens with zero attached hydrogens (tertiary/aromatic N) is 7. The third kappa shape index (κ3) is 7.77. The second kappa shape index (κ2) is 14.8. The molecule has 0 bridgehead atoms. The number of carbonyl (C=O) groups excluding carboxylic acids is 3. The molecule has 6 rings (SSSR count). The van der Waals surface area contributed by atoms with Gasteiger partial charge in [0, 0.05) is 37.3 Å². The number of anilines is 2. The average Bonchev–Trinajstić information content (AvgIpc) is 3.76. The molecule has 2 N–H and O–H groups in total. The van der Waals surface area contributed by atoms with Crippen molar-refractivity contribution in [3.8, 4) is 0 Å². The molecule has 3 amide bonds. The minimum atomic E-state index is -4.61. The summed E-state index contributed by atoms with van der Waals surface area (Å²) in [5.74, 6) is -0.932. The van der Waals surface area contributed by atoms with Crippen LogP contribution in [0.4, 0.5) is 24.5 Å². The van der Waals surface area contributed by atoms with Gasteiger partial charge in [0.05, 0.1) is 41.7 Å². The highest BCUT2D eigenvalue weighted by atomic mass is 35.5. The van der Waals surface area contributed by atoms with Gasteiger partial charge in [-0.15, -0.1) is 16.4 Å². The Bertz CT molecular complexity index is 2090. The van der Waals surface area contributed by atoms with Crippen LogP contribution < -0.4 is 21.1 Å². The van der Waals surface area contributed by atoms with Crippen molar-refractivity contribution in [3.05, 3.63) is 72.8 Å². The molecule has 1 saturated heterocycles. The lowest BCUT2D eigenvalue weighted by atomic mass is 10.1. The van der Waals surface area contributed by atoms with Crippen LogP contribution in [0.1, 0.15) is 45.9 Å². The van der Waals surface area contributed by atoms with Crippen LogP contribution in [0.3, 0.4) is 0 Å². The third-order valence-electron chi connectivity index (χ3n) is 8.45. The first-order valence-corrected chi connectivity index (χ1v) is 17.3. The van der Waals surface area contributed by atoms with Gasteiger partial charge in [-0.25, -0.2) is 4.98 Å². The van der Waals surface area contributed by atoms with E-state index in [9.17, 15) is 32.3 Å². The van der Waals surface area contributed by atoms with Crippen molar-refractivity contribution in [2.45, 2.75) is 39.4 Å². The zero-order valence-corrected chi connectivity index (χ0v) is 29.1. The third-order valence-corrected chi connectivity index (χ3v) is 9.72. The van der Waals surface area contributed by atoms with Crippen molar-refractivity contribution < 1.29 is 32.3 Å². The standard InChI is InChI=1S/C32H33ClF3N9O5S/c1-3-23-26(43-10-8-42(9-11-43)25(47)15-37-28(48)29-38-18(2)17-51-29)30(49)45-31(40-27(41-45)19-6-12-50-13-7-19)44(23)16-24(46)39-22-5-4-20(14-21(22)33)32(34,35)36/h4-6,14,17H,3,7-13,15-16H2,1-2H3,(H,37,48)(H,39,46). The molecule has 4 aromatic rings. The fraction of sp³-hybridized carbons (Fsp3) is 0.406. The second-order valence-electron chi connectivity index (χ2n) is 11.8. The topological polar surface area (TPSA) is 156 Å². The molecule has 2 aliphatic heterocycles. The number of hydrogen-bond donors (Lipinski definition) is 2. The zero-order valence-electron chi connectivity index (χ0n) is 27.5. The summed E-state index contributed by atoms with van der Waals surface area (Å²) in [5, 5.41) is 11.4. The summed E-state index contributed by atoms with van der Waals surface area (Å²) in [7, 11) is 0. The first-order chi connectivity index (χ1) is 24.3. The van der Waals surface area contributed by atoms with Crippen molar-refractivity contribution in [1.29, 1.82) is 0 Å². The number of benzene rings is 1. The number of aryl methyl sites for hydroxylation is 1. The predicted molar refractivity (Wildman–Crippen MR) is 183 cm³/mol. The highest BCUT2D eigenvalue weighted by molar-refractivity contribution is 7.11. The maximum atomic E-state index is 14.1. The number of amides is 3. The van der Waals surface area contributed by atoms with E-state index in [1.807, 2.05) is 17.9 Å². The molecule has 0 radical (unpaired) electrons. The highest BCUT2D eigenvalue weighted by Crippen LogP contribution is 2.34. The number of carbonyl (C=O) groups is 3. The molecule has 19 heteroatoms. The number of rotatable bonds is 9. The summed E-state index contributed by atoms with van der Waals surface area (Å²) >= 11 is 7.30. The summed E-state index contributed by atoms with van der Waals surface area (Å²) in [5.41, 5.74) is 0.819. The zero-order chi connectivity index (χ0) is 36.4. The smallest absolute Gasteiger partial charge is 0.377 e. The molecule has 0 atom stereocenters. The summed E-state index contributed by atoms with van der Waals surface area (Å²) in [6, 6.07) is 2.63. The Balaban J connectivity index is 1.27. The van der Waals surface area contributed by atoms with Gasteiger partial charge in [0.15, 0.2) is 10.8 Å². The van der Waals surface area contributed by atoms with Gasteiger partial charge in [-0.05, 0) is 43.5 Å². The van der Waals surface area contributed by atoms with Gasteiger partial charge in [-0.2, -0.15) is 22.7 Å². The minimum Gasteiger partial charge on any atom is -0.377 e. The van der Waals surface area contributed by atoms with Crippen LogP contribution in [0, 0.1) is 6.92 Å². The number of nitrogens with one attached hydrogen (secondary N) is 2. The van der Waals surface area contributed by atoms with Gasteiger partial charge in [0.25, 0.3) is 11.5 Å². The number of hydrogen-bond acceptors (Lipinski definition) is 10. The van der Waals surface area contributed by atoms with Gasteiger partial charge in [-0.3, -0.25) is 19.2 Å². The number of ether oxygens (including phenoxy) is 1. The molecule has 5 heterocycles. The molecule has 51 heavy (non-hydrogen) atoms. The molecular formula is C32H33ClF3N9O5S. The number of piperazine rings is 1. The van der Waals surface area contributed by atoms with Crippen LogP contribution in [-0.2, 0) is 33.5 Å². The molecule has 3 aromatic heterocycles. The molecule has 0 unspecified atom stereocenters. The molecule has 2 aliphatic rings. The Kier molecular flexibility index (Phi) is 10.5. The van der Waals surface area contributed by atoms with Crippen LogP contribution >= 0.6 is 22.9 Å². The Morgan fingerprint density at radius 1 is 1.12 bits per heavy atom. The fourth-order valence-electron chi connectivity index (χ4n) is 5.90. The van der Waals surface area contributed by atoms with Crippen LogP contribution in [0.5, 0.6) is 0 Å². The van der Waals surface area contributed by atoms with Gasteiger partial charge in [-0.1, -0.05) is 24.6 Å². The van der Waals surface area contributed by atoms with Crippen molar-refractivity contribution >= 4 is 63.4 Å². The number of halogens is 4. The lowest BCUT2D eigenvalue weighted by Crippen LogP contribution is -2.52. The highest BCUT2D eigenvalue weighted by Gasteiger charge is 2.32. The Hall–Kier alpha value is -4.81. The maximum Gasteiger partial charge on any atom is 0.416 e.